The van der Waals surface area contributed by atoms with Crippen molar-refractivity contribution < 1.29 is 0 Å². The van der Waals surface area contributed by atoms with Crippen LogP contribution in [0.4, 0.5) is 0 Å². The molecule has 0 aliphatic rings. The third kappa shape index (κ3) is 5.64. The number of hydrogen-bond acceptors (Lipinski definition) is 3. The number of nitrogens with zero attached hydrogens (tertiary/aromatic N) is 2. The molecule has 0 spiro atoms. The topological polar surface area (TPSA) is 49.3 Å². The SMILES string of the molecule is CCCNC(=NC)NCc1cnc(C)s1.I. The monoisotopic (exact) mass is 354 g/mol. The number of nitrogens with one attached hydrogen (secondary N) is 2. The molecule has 1 heterocycles. The summed E-state index contributed by atoms with van der Waals surface area (Å²) in [5.41, 5.74) is 0. The van der Waals surface area contributed by atoms with Crippen LogP contribution in [0.3, 0.4) is 0 Å². The molecule has 6 heteroatoms. The number of aliphatic imine (C=N–C) groups is 1. The smallest absolute Gasteiger partial charge is 0.191 e. The molecule has 0 radical (unpaired) electrons. The number of hydrogen-bond donors (Lipinski definition) is 2. The predicted octanol–water partition coefficient (Wildman–Crippen LogP) is 2.14. The maximum atomic E-state index is 4.20. The van der Waals surface area contributed by atoms with Crippen molar-refractivity contribution in [1.82, 2.24) is 15.6 Å². The maximum absolute atomic E-state index is 4.20. The lowest BCUT2D eigenvalue weighted by Crippen LogP contribution is -2.36. The van der Waals surface area contributed by atoms with Gasteiger partial charge >= 0.3 is 0 Å². The van der Waals surface area contributed by atoms with E-state index < -0.39 is 0 Å². The lowest BCUT2D eigenvalue weighted by Gasteiger charge is -2.09. The Morgan fingerprint density at radius 3 is 2.75 bits per heavy atom. The van der Waals surface area contributed by atoms with Gasteiger partial charge in [-0.05, 0) is 13.3 Å². The van der Waals surface area contributed by atoms with Gasteiger partial charge in [-0.3, -0.25) is 4.99 Å². The van der Waals surface area contributed by atoms with Crippen molar-refractivity contribution in [3.8, 4) is 0 Å². The third-order valence-electron chi connectivity index (χ3n) is 1.87. The van der Waals surface area contributed by atoms with E-state index >= 15 is 0 Å². The summed E-state index contributed by atoms with van der Waals surface area (Å²) < 4.78 is 0. The van der Waals surface area contributed by atoms with Crippen LogP contribution in [-0.4, -0.2) is 24.5 Å². The molecule has 0 amide bonds. The Balaban J connectivity index is 0.00000225. The molecule has 0 aromatic carbocycles. The number of halogens is 1. The fourth-order valence-electron chi connectivity index (χ4n) is 1.12. The fourth-order valence-corrected chi connectivity index (χ4v) is 1.86. The molecule has 2 N–H and O–H groups in total. The second-order valence-corrected chi connectivity index (χ2v) is 4.52. The van der Waals surface area contributed by atoms with Crippen molar-refractivity contribution in [2.45, 2.75) is 26.8 Å². The lowest BCUT2D eigenvalue weighted by molar-refractivity contribution is 0.785. The fraction of sp³-hybridized carbons (Fsp3) is 0.600. The Hall–Kier alpha value is -0.370. The average molecular weight is 354 g/mol. The highest BCUT2D eigenvalue weighted by atomic mass is 127. The highest BCUT2D eigenvalue weighted by Gasteiger charge is 1.99. The number of thiazole rings is 1. The quantitative estimate of drug-likeness (QED) is 0.495. The number of aryl methyl sites for hydroxylation is 1. The third-order valence-corrected chi connectivity index (χ3v) is 2.78. The lowest BCUT2D eigenvalue weighted by atomic mass is 10.5. The second kappa shape index (κ2) is 8.74. The van der Waals surface area contributed by atoms with Crippen LogP contribution in [0, 0.1) is 6.92 Å². The average Bonchev–Trinajstić information content (AvgIpc) is 2.65. The van der Waals surface area contributed by atoms with Crippen LogP contribution >= 0.6 is 35.3 Å². The molecule has 0 fully saturated rings. The summed E-state index contributed by atoms with van der Waals surface area (Å²) in [6.07, 6.45) is 3.00. The Morgan fingerprint density at radius 1 is 1.50 bits per heavy atom. The van der Waals surface area contributed by atoms with Crippen molar-refractivity contribution in [1.29, 1.82) is 0 Å². The largest absolute Gasteiger partial charge is 0.356 e. The summed E-state index contributed by atoms with van der Waals surface area (Å²) in [5, 5.41) is 7.56. The molecule has 4 nitrogen and oxygen atoms in total. The molecule has 1 aromatic heterocycles. The number of guanidine groups is 1. The van der Waals surface area contributed by atoms with Crippen LogP contribution in [0.15, 0.2) is 11.2 Å². The summed E-state index contributed by atoms with van der Waals surface area (Å²) in [6.45, 7) is 5.88. The molecule has 0 bridgehead atoms. The van der Waals surface area contributed by atoms with Crippen LogP contribution in [0.25, 0.3) is 0 Å². The molecule has 1 rings (SSSR count). The molecule has 92 valence electrons. The first-order valence-corrected chi connectivity index (χ1v) is 5.93. The molecule has 0 aliphatic carbocycles. The van der Waals surface area contributed by atoms with Gasteiger partial charge in [-0.2, -0.15) is 0 Å². The first kappa shape index (κ1) is 15.6. The zero-order valence-corrected chi connectivity index (χ0v) is 13.1. The van der Waals surface area contributed by atoms with E-state index in [9.17, 15) is 0 Å². The van der Waals surface area contributed by atoms with Crippen LogP contribution in [0.1, 0.15) is 23.2 Å². The van der Waals surface area contributed by atoms with E-state index in [2.05, 4.69) is 27.5 Å². The van der Waals surface area contributed by atoms with Crippen molar-refractivity contribution in [2.75, 3.05) is 13.6 Å². The van der Waals surface area contributed by atoms with Gasteiger partial charge in [0.25, 0.3) is 0 Å². The Morgan fingerprint density at radius 2 is 2.25 bits per heavy atom. The number of rotatable bonds is 4. The first-order chi connectivity index (χ1) is 7.26. The van der Waals surface area contributed by atoms with Crippen LogP contribution in [-0.2, 0) is 6.54 Å². The van der Waals surface area contributed by atoms with Crippen molar-refractivity contribution in [2.24, 2.45) is 4.99 Å². The molecule has 0 saturated heterocycles. The van der Waals surface area contributed by atoms with E-state index in [4.69, 9.17) is 0 Å². The minimum absolute atomic E-state index is 0. The second-order valence-electron chi connectivity index (χ2n) is 3.20. The van der Waals surface area contributed by atoms with Gasteiger partial charge in [-0.25, -0.2) is 4.98 Å². The summed E-state index contributed by atoms with van der Waals surface area (Å²) >= 11 is 1.71. The van der Waals surface area contributed by atoms with Gasteiger partial charge in [-0.15, -0.1) is 35.3 Å². The first-order valence-electron chi connectivity index (χ1n) is 5.12. The van der Waals surface area contributed by atoms with Crippen LogP contribution in [0.5, 0.6) is 0 Å². The van der Waals surface area contributed by atoms with E-state index in [1.165, 1.54) is 4.88 Å². The normalized spacial score (nSPS) is 10.8. The summed E-state index contributed by atoms with van der Waals surface area (Å²) in [5.74, 6) is 0.850. The molecule has 0 unspecified atom stereocenters. The van der Waals surface area contributed by atoms with Crippen LogP contribution in [0.2, 0.25) is 0 Å². The van der Waals surface area contributed by atoms with Crippen molar-refractivity contribution >= 4 is 41.3 Å². The summed E-state index contributed by atoms with van der Waals surface area (Å²) in [7, 11) is 1.78. The summed E-state index contributed by atoms with van der Waals surface area (Å²) in [4.78, 5) is 9.56. The zero-order valence-electron chi connectivity index (χ0n) is 9.91. The van der Waals surface area contributed by atoms with E-state index in [0.717, 1.165) is 30.5 Å². The van der Waals surface area contributed by atoms with E-state index in [0.29, 0.717) is 0 Å². The Bertz CT molecular complexity index is 324. The van der Waals surface area contributed by atoms with Gasteiger partial charge in [0.05, 0.1) is 11.6 Å². The highest BCUT2D eigenvalue weighted by molar-refractivity contribution is 14.0. The number of aromatic nitrogens is 1. The van der Waals surface area contributed by atoms with E-state index in [1.807, 2.05) is 13.1 Å². The van der Waals surface area contributed by atoms with Gasteiger partial charge in [0.15, 0.2) is 5.96 Å². The van der Waals surface area contributed by atoms with Gasteiger partial charge in [0, 0.05) is 24.7 Å². The van der Waals surface area contributed by atoms with Gasteiger partial charge in [0.2, 0.25) is 0 Å². The van der Waals surface area contributed by atoms with Gasteiger partial charge in [0.1, 0.15) is 0 Å². The Labute approximate surface area is 118 Å². The minimum atomic E-state index is 0. The molecule has 0 aliphatic heterocycles. The standard InChI is InChI=1S/C10H18N4S.HI/c1-4-5-12-10(11-3)14-7-9-6-13-8(2)15-9;/h6H,4-5,7H2,1-3H3,(H2,11,12,14);1H. The molecule has 0 atom stereocenters. The van der Waals surface area contributed by atoms with Crippen LogP contribution < -0.4 is 10.6 Å². The van der Waals surface area contributed by atoms with Gasteiger partial charge < -0.3 is 10.6 Å². The maximum Gasteiger partial charge on any atom is 0.191 e. The minimum Gasteiger partial charge on any atom is -0.356 e. The molecule has 0 saturated carbocycles. The summed E-state index contributed by atoms with van der Waals surface area (Å²) in [6, 6.07) is 0. The predicted molar refractivity (Wildman–Crippen MR) is 80.8 cm³/mol. The molecule has 1 aromatic rings. The van der Waals surface area contributed by atoms with Crippen molar-refractivity contribution in [3.05, 3.63) is 16.1 Å². The molecular weight excluding hydrogens is 335 g/mol. The van der Waals surface area contributed by atoms with Gasteiger partial charge in [-0.1, -0.05) is 6.92 Å². The van der Waals surface area contributed by atoms with E-state index in [-0.39, 0.29) is 24.0 Å². The molecular formula is C10H19IN4S. The Kier molecular flexibility index (Phi) is 8.54. The molecule has 16 heavy (non-hydrogen) atoms. The van der Waals surface area contributed by atoms with Crippen molar-refractivity contribution in [3.63, 3.8) is 0 Å². The zero-order chi connectivity index (χ0) is 11.1. The highest BCUT2D eigenvalue weighted by Crippen LogP contribution is 2.10. The van der Waals surface area contributed by atoms with E-state index in [1.54, 1.807) is 18.4 Å².